The molecule has 150 valence electrons. The van der Waals surface area contributed by atoms with Crippen LogP contribution in [0.1, 0.15) is 15.4 Å². The van der Waals surface area contributed by atoms with Gasteiger partial charge in [-0.05, 0) is 24.3 Å². The van der Waals surface area contributed by atoms with E-state index in [0.717, 1.165) is 16.8 Å². The van der Waals surface area contributed by atoms with E-state index in [-0.39, 0.29) is 29.1 Å². The number of amides is 1. The molecule has 0 radical (unpaired) electrons. The van der Waals surface area contributed by atoms with Crippen molar-refractivity contribution in [1.29, 1.82) is 0 Å². The third kappa shape index (κ3) is 4.11. The lowest BCUT2D eigenvalue weighted by molar-refractivity contribution is -0.116. The molecule has 0 bridgehead atoms. The van der Waals surface area contributed by atoms with E-state index in [9.17, 15) is 14.4 Å². The topological polar surface area (TPSA) is 134 Å². The van der Waals surface area contributed by atoms with Gasteiger partial charge < -0.3 is 5.73 Å². The molecule has 0 fully saturated rings. The van der Waals surface area contributed by atoms with Crippen molar-refractivity contribution in [2.24, 2.45) is 5.73 Å². The zero-order valence-electron chi connectivity index (χ0n) is 15.4. The predicted octanol–water partition coefficient (Wildman–Crippen LogP) is 1.64. The number of primary amides is 1. The second-order valence-corrected chi connectivity index (χ2v) is 8.03. The van der Waals surface area contributed by atoms with Crippen molar-refractivity contribution < 1.29 is 9.59 Å². The fourth-order valence-corrected chi connectivity index (χ4v) is 4.21. The maximum absolute atomic E-state index is 13.1. The van der Waals surface area contributed by atoms with Gasteiger partial charge in [-0.25, -0.2) is 19.9 Å². The van der Waals surface area contributed by atoms with Gasteiger partial charge >= 0.3 is 0 Å². The van der Waals surface area contributed by atoms with E-state index < -0.39 is 11.5 Å². The van der Waals surface area contributed by atoms with E-state index in [0.29, 0.717) is 16.4 Å². The molecule has 3 aromatic heterocycles. The Morgan fingerprint density at radius 2 is 1.83 bits per heavy atom. The Balaban J connectivity index is 1.71. The lowest BCUT2D eigenvalue weighted by atomic mass is 10.2. The Hall–Kier alpha value is -3.44. The van der Waals surface area contributed by atoms with E-state index in [1.54, 1.807) is 18.3 Å². The van der Waals surface area contributed by atoms with Gasteiger partial charge in [0.25, 0.3) is 5.56 Å². The molecular weight excluding hydrogens is 424 g/mol. The lowest BCUT2D eigenvalue weighted by Gasteiger charge is -2.12. The number of benzene rings is 1. The summed E-state index contributed by atoms with van der Waals surface area (Å²) in [7, 11) is 0. The van der Waals surface area contributed by atoms with Gasteiger partial charge in [-0.15, -0.1) is 11.3 Å². The van der Waals surface area contributed by atoms with Crippen LogP contribution >= 0.6 is 23.1 Å². The fraction of sp³-hybridized carbons (Fsp3) is 0.105. The summed E-state index contributed by atoms with van der Waals surface area (Å²) in [5, 5.41) is 2.84. The van der Waals surface area contributed by atoms with Crippen LogP contribution in [0, 0.1) is 0 Å². The first-order chi connectivity index (χ1) is 14.5. The highest BCUT2D eigenvalue weighted by Crippen LogP contribution is 2.21. The summed E-state index contributed by atoms with van der Waals surface area (Å²) < 4.78 is 1.35. The third-order valence-corrected chi connectivity index (χ3v) is 5.86. The fourth-order valence-electron chi connectivity index (χ4n) is 2.70. The Morgan fingerprint density at radius 1 is 1.07 bits per heavy atom. The number of ketones is 1. The Morgan fingerprint density at radius 3 is 2.53 bits per heavy atom. The number of hydrogen-bond acceptors (Lipinski definition) is 9. The molecule has 0 aliphatic carbocycles. The number of rotatable bonds is 7. The van der Waals surface area contributed by atoms with E-state index in [2.05, 4.69) is 19.9 Å². The molecule has 0 aliphatic rings. The number of thioether (sulfide) groups is 1. The summed E-state index contributed by atoms with van der Waals surface area (Å²) in [6, 6.07) is 6.22. The molecule has 0 aliphatic heterocycles. The number of nitrogens with zero attached hydrogens (tertiary/aromatic N) is 5. The van der Waals surface area contributed by atoms with E-state index in [1.807, 2.05) is 5.38 Å². The van der Waals surface area contributed by atoms with Crippen LogP contribution in [-0.4, -0.2) is 41.9 Å². The van der Waals surface area contributed by atoms with E-state index in [1.165, 1.54) is 40.4 Å². The van der Waals surface area contributed by atoms with Crippen molar-refractivity contribution in [3.8, 4) is 5.69 Å². The maximum atomic E-state index is 13.1. The van der Waals surface area contributed by atoms with Crippen LogP contribution in [0.3, 0.4) is 0 Å². The second kappa shape index (κ2) is 8.51. The molecule has 11 heteroatoms. The number of Topliss-reactive ketones (excluding diaryl/α,β-unsaturated/α-hetero) is 1. The molecule has 9 nitrogen and oxygen atoms in total. The first kappa shape index (κ1) is 19.9. The standard InChI is InChI=1S/C19H14N6O3S2/c20-16(27)11-1-3-12(4-2-11)25-18(28)15-17(23-6-5-22-15)24-19(25)30-10-13(26)9-14-21-7-8-29-14/h1-8H,9-10H2,(H2,20,27). The molecule has 4 aromatic rings. The van der Waals surface area contributed by atoms with Gasteiger partial charge in [0, 0.05) is 29.5 Å². The van der Waals surface area contributed by atoms with Crippen molar-refractivity contribution in [2.75, 3.05) is 5.75 Å². The first-order valence-electron chi connectivity index (χ1n) is 8.70. The average molecular weight is 438 g/mol. The Kier molecular flexibility index (Phi) is 5.63. The maximum Gasteiger partial charge on any atom is 0.286 e. The van der Waals surface area contributed by atoms with Crippen LogP contribution in [0.25, 0.3) is 16.9 Å². The molecule has 2 N–H and O–H groups in total. The molecule has 0 saturated carbocycles. The number of aromatic nitrogens is 5. The quantitative estimate of drug-likeness (QED) is 0.340. The van der Waals surface area contributed by atoms with Crippen LogP contribution in [0.4, 0.5) is 0 Å². The average Bonchev–Trinajstić information content (AvgIpc) is 3.25. The van der Waals surface area contributed by atoms with Crippen molar-refractivity contribution in [1.82, 2.24) is 24.5 Å². The minimum atomic E-state index is -0.571. The van der Waals surface area contributed by atoms with Gasteiger partial charge in [0.15, 0.2) is 16.3 Å². The molecule has 1 amide bonds. The van der Waals surface area contributed by atoms with Crippen molar-refractivity contribution in [2.45, 2.75) is 11.6 Å². The van der Waals surface area contributed by atoms with E-state index >= 15 is 0 Å². The number of hydrogen-bond donors (Lipinski definition) is 1. The molecule has 30 heavy (non-hydrogen) atoms. The summed E-state index contributed by atoms with van der Waals surface area (Å²) in [6.07, 6.45) is 4.73. The van der Waals surface area contributed by atoms with Crippen molar-refractivity contribution >= 4 is 46.0 Å². The monoisotopic (exact) mass is 438 g/mol. The van der Waals surface area contributed by atoms with Crippen LogP contribution in [0.2, 0.25) is 0 Å². The summed E-state index contributed by atoms with van der Waals surface area (Å²) >= 11 is 2.54. The minimum absolute atomic E-state index is 0.0425. The van der Waals surface area contributed by atoms with Gasteiger partial charge in [0.05, 0.1) is 22.9 Å². The Bertz CT molecular complexity index is 1290. The Labute approximate surface area is 178 Å². The van der Waals surface area contributed by atoms with Gasteiger partial charge in [-0.1, -0.05) is 11.8 Å². The van der Waals surface area contributed by atoms with Gasteiger partial charge in [-0.2, -0.15) is 0 Å². The predicted molar refractivity (Wildman–Crippen MR) is 113 cm³/mol. The molecule has 4 rings (SSSR count). The van der Waals surface area contributed by atoms with Crippen LogP contribution < -0.4 is 11.3 Å². The largest absolute Gasteiger partial charge is 0.366 e. The zero-order valence-corrected chi connectivity index (χ0v) is 17.0. The molecule has 0 saturated heterocycles. The molecule has 0 atom stereocenters. The SMILES string of the molecule is NC(=O)c1ccc(-n2c(SCC(=O)Cc3nccs3)nc3nccnc3c2=O)cc1. The second-order valence-electron chi connectivity index (χ2n) is 6.10. The number of nitrogens with two attached hydrogens (primary N) is 1. The highest BCUT2D eigenvalue weighted by molar-refractivity contribution is 7.99. The van der Waals surface area contributed by atoms with Gasteiger partial charge in [-0.3, -0.25) is 19.0 Å². The minimum Gasteiger partial charge on any atom is -0.366 e. The number of thiazole rings is 1. The van der Waals surface area contributed by atoms with Crippen LogP contribution in [0.15, 0.2) is 58.2 Å². The van der Waals surface area contributed by atoms with Crippen LogP contribution in [0.5, 0.6) is 0 Å². The van der Waals surface area contributed by atoms with Crippen molar-refractivity contribution in [3.05, 3.63) is 69.2 Å². The first-order valence-corrected chi connectivity index (χ1v) is 10.6. The molecule has 0 spiro atoms. The summed E-state index contributed by atoms with van der Waals surface area (Å²) in [5.41, 5.74) is 5.96. The molecule has 1 aromatic carbocycles. The van der Waals surface area contributed by atoms with Crippen molar-refractivity contribution in [3.63, 3.8) is 0 Å². The summed E-state index contributed by atoms with van der Waals surface area (Å²) in [5.74, 6) is -0.505. The zero-order chi connectivity index (χ0) is 21.1. The smallest absolute Gasteiger partial charge is 0.286 e. The number of carbonyl (C=O) groups excluding carboxylic acids is 2. The van der Waals surface area contributed by atoms with Gasteiger partial charge in [0.2, 0.25) is 5.91 Å². The lowest BCUT2D eigenvalue weighted by Crippen LogP contribution is -2.23. The summed E-state index contributed by atoms with van der Waals surface area (Å²) in [4.78, 5) is 53.5. The van der Waals surface area contributed by atoms with Gasteiger partial charge in [0.1, 0.15) is 5.78 Å². The number of carbonyl (C=O) groups is 2. The molecule has 0 unspecified atom stereocenters. The van der Waals surface area contributed by atoms with E-state index in [4.69, 9.17) is 5.73 Å². The number of fused-ring (bicyclic) bond motifs is 1. The normalized spacial score (nSPS) is 10.9. The summed E-state index contributed by atoms with van der Waals surface area (Å²) in [6.45, 7) is 0. The van der Waals surface area contributed by atoms with Crippen LogP contribution in [-0.2, 0) is 11.2 Å². The molecular formula is C19H14N6O3S2. The highest BCUT2D eigenvalue weighted by Gasteiger charge is 2.17. The molecule has 3 heterocycles. The third-order valence-electron chi connectivity index (χ3n) is 4.08. The highest BCUT2D eigenvalue weighted by atomic mass is 32.2.